The first kappa shape index (κ1) is 13.8. The maximum atomic E-state index is 12.6. The van der Waals surface area contributed by atoms with Crippen LogP contribution in [0.3, 0.4) is 0 Å². The first-order valence-electron chi connectivity index (χ1n) is 7.30. The van der Waals surface area contributed by atoms with E-state index >= 15 is 0 Å². The topological polar surface area (TPSA) is 45.2 Å². The molecule has 1 aromatic heterocycles. The van der Waals surface area contributed by atoms with Gasteiger partial charge in [-0.2, -0.15) is 0 Å². The molecule has 1 aliphatic heterocycles. The van der Waals surface area contributed by atoms with Crippen LogP contribution in [0.25, 0.3) is 0 Å². The summed E-state index contributed by atoms with van der Waals surface area (Å²) >= 11 is 0. The van der Waals surface area contributed by atoms with Gasteiger partial charge in [-0.25, -0.2) is 0 Å². The summed E-state index contributed by atoms with van der Waals surface area (Å²) in [5, 5.41) is 3.47. The molecule has 4 heteroatoms. The fraction of sp³-hybridized carbons (Fsp3) is 0.294. The van der Waals surface area contributed by atoms with Crippen molar-refractivity contribution in [3.63, 3.8) is 0 Å². The van der Waals surface area contributed by atoms with Gasteiger partial charge < -0.3 is 4.90 Å². The first-order chi connectivity index (χ1) is 10.3. The Kier molecular flexibility index (Phi) is 3.97. The van der Waals surface area contributed by atoms with Crippen molar-refractivity contribution in [2.75, 3.05) is 6.54 Å². The molecular formula is C17H19N3O. The molecule has 1 unspecified atom stereocenters. The second-order valence-corrected chi connectivity index (χ2v) is 5.20. The van der Waals surface area contributed by atoms with E-state index in [1.54, 1.807) is 24.5 Å². The minimum atomic E-state index is 0.0468. The van der Waals surface area contributed by atoms with Gasteiger partial charge in [-0.15, -0.1) is 0 Å². The molecule has 0 fully saturated rings. The summed E-state index contributed by atoms with van der Waals surface area (Å²) < 4.78 is 0. The van der Waals surface area contributed by atoms with Crippen molar-refractivity contribution in [2.45, 2.75) is 26.1 Å². The van der Waals surface area contributed by atoms with Gasteiger partial charge in [-0.3, -0.25) is 15.1 Å². The number of fused-ring (bicyclic) bond motifs is 1. The lowest BCUT2D eigenvalue weighted by Gasteiger charge is -2.35. The van der Waals surface area contributed by atoms with Crippen LogP contribution in [0.5, 0.6) is 0 Å². The Labute approximate surface area is 124 Å². The summed E-state index contributed by atoms with van der Waals surface area (Å²) in [6.45, 7) is 3.50. The van der Waals surface area contributed by atoms with E-state index in [1.807, 2.05) is 11.8 Å². The van der Waals surface area contributed by atoms with Gasteiger partial charge in [0.2, 0.25) is 0 Å². The third kappa shape index (κ3) is 2.81. The summed E-state index contributed by atoms with van der Waals surface area (Å²) in [7, 11) is 0. The largest absolute Gasteiger partial charge is 0.323 e. The van der Waals surface area contributed by atoms with Crippen LogP contribution in [0.2, 0.25) is 0 Å². The number of hydrogen-bond acceptors (Lipinski definition) is 3. The quantitative estimate of drug-likeness (QED) is 0.938. The highest BCUT2D eigenvalue weighted by molar-refractivity contribution is 5.94. The third-order valence-corrected chi connectivity index (χ3v) is 3.96. The zero-order valence-electron chi connectivity index (χ0n) is 12.1. The van der Waals surface area contributed by atoms with Crippen LogP contribution in [0.4, 0.5) is 0 Å². The lowest BCUT2D eigenvalue weighted by atomic mass is 9.98. The van der Waals surface area contributed by atoms with Gasteiger partial charge in [0.1, 0.15) is 0 Å². The number of carbonyl (C=O) groups is 1. The van der Waals surface area contributed by atoms with E-state index in [9.17, 15) is 4.79 Å². The Morgan fingerprint density at radius 3 is 2.67 bits per heavy atom. The number of nitrogens with one attached hydrogen (secondary N) is 1. The van der Waals surface area contributed by atoms with E-state index in [-0.39, 0.29) is 12.1 Å². The van der Waals surface area contributed by atoms with Crippen LogP contribution in [-0.2, 0) is 13.0 Å². The van der Waals surface area contributed by atoms with Gasteiger partial charge in [0, 0.05) is 37.5 Å². The van der Waals surface area contributed by atoms with E-state index in [0.29, 0.717) is 12.1 Å². The fourth-order valence-electron chi connectivity index (χ4n) is 2.82. The predicted octanol–water partition coefficient (Wildman–Crippen LogP) is 2.22. The molecule has 1 atom stereocenters. The standard InChI is InChI=1S/C17H19N3O/c1-2-20(17(21)13-7-9-18-10-8-13)16-11-14-5-3-4-6-15(14)12-19-16/h3-10,16,19H,2,11-12H2,1H3. The lowest BCUT2D eigenvalue weighted by Crippen LogP contribution is -2.51. The number of benzene rings is 1. The Hall–Kier alpha value is -2.20. The zero-order valence-corrected chi connectivity index (χ0v) is 12.1. The van der Waals surface area contributed by atoms with Crippen LogP contribution in [0, 0.1) is 0 Å². The molecular weight excluding hydrogens is 262 g/mol. The lowest BCUT2D eigenvalue weighted by molar-refractivity contribution is 0.0642. The van der Waals surface area contributed by atoms with Crippen molar-refractivity contribution >= 4 is 5.91 Å². The van der Waals surface area contributed by atoms with Gasteiger partial charge in [0.05, 0.1) is 6.17 Å². The van der Waals surface area contributed by atoms with Gasteiger partial charge in [-0.05, 0) is 30.2 Å². The zero-order chi connectivity index (χ0) is 14.7. The molecule has 108 valence electrons. The monoisotopic (exact) mass is 281 g/mol. The minimum absolute atomic E-state index is 0.0468. The van der Waals surface area contributed by atoms with E-state index in [4.69, 9.17) is 0 Å². The molecule has 0 spiro atoms. The van der Waals surface area contributed by atoms with Crippen molar-refractivity contribution in [2.24, 2.45) is 0 Å². The Balaban J connectivity index is 1.80. The summed E-state index contributed by atoms with van der Waals surface area (Å²) in [6.07, 6.45) is 4.21. The molecule has 3 rings (SSSR count). The molecule has 21 heavy (non-hydrogen) atoms. The second-order valence-electron chi connectivity index (χ2n) is 5.20. The van der Waals surface area contributed by atoms with Gasteiger partial charge in [-0.1, -0.05) is 24.3 Å². The molecule has 0 saturated carbocycles. The van der Waals surface area contributed by atoms with Crippen molar-refractivity contribution in [3.8, 4) is 0 Å². The molecule has 0 aliphatic carbocycles. The smallest absolute Gasteiger partial charge is 0.255 e. The van der Waals surface area contributed by atoms with E-state index < -0.39 is 0 Å². The van der Waals surface area contributed by atoms with Crippen molar-refractivity contribution < 1.29 is 4.79 Å². The number of nitrogens with zero attached hydrogens (tertiary/aromatic N) is 2. The van der Waals surface area contributed by atoms with Crippen LogP contribution in [0.15, 0.2) is 48.8 Å². The van der Waals surface area contributed by atoms with Crippen LogP contribution >= 0.6 is 0 Å². The van der Waals surface area contributed by atoms with Gasteiger partial charge in [0.15, 0.2) is 0 Å². The average Bonchev–Trinajstić information content (AvgIpc) is 2.56. The normalized spacial score (nSPS) is 17.1. The van der Waals surface area contributed by atoms with E-state index in [2.05, 4.69) is 34.6 Å². The number of carbonyl (C=O) groups excluding carboxylic acids is 1. The highest BCUT2D eigenvalue weighted by atomic mass is 16.2. The van der Waals surface area contributed by atoms with Gasteiger partial charge in [0.25, 0.3) is 5.91 Å². The highest BCUT2D eigenvalue weighted by Gasteiger charge is 2.26. The predicted molar refractivity (Wildman–Crippen MR) is 81.7 cm³/mol. The molecule has 1 aliphatic rings. The van der Waals surface area contributed by atoms with Crippen LogP contribution in [-0.4, -0.2) is 28.5 Å². The SMILES string of the molecule is CCN(C(=O)c1ccncc1)C1Cc2ccccc2CN1. The van der Waals surface area contributed by atoms with E-state index in [0.717, 1.165) is 13.0 Å². The molecule has 1 aromatic carbocycles. The fourth-order valence-corrected chi connectivity index (χ4v) is 2.82. The Bertz CT molecular complexity index is 627. The maximum absolute atomic E-state index is 12.6. The second kappa shape index (κ2) is 6.06. The molecule has 4 nitrogen and oxygen atoms in total. The van der Waals surface area contributed by atoms with E-state index in [1.165, 1.54) is 11.1 Å². The van der Waals surface area contributed by atoms with Crippen molar-refractivity contribution in [3.05, 3.63) is 65.5 Å². The average molecular weight is 281 g/mol. The van der Waals surface area contributed by atoms with Crippen molar-refractivity contribution in [1.82, 2.24) is 15.2 Å². The van der Waals surface area contributed by atoms with Crippen molar-refractivity contribution in [1.29, 1.82) is 0 Å². The number of pyridine rings is 1. The number of rotatable bonds is 3. The molecule has 1 N–H and O–H groups in total. The summed E-state index contributed by atoms with van der Waals surface area (Å²) in [6, 6.07) is 11.9. The maximum Gasteiger partial charge on any atom is 0.255 e. The summed E-state index contributed by atoms with van der Waals surface area (Å²) in [5.74, 6) is 0.0526. The first-order valence-corrected chi connectivity index (χ1v) is 7.30. The molecule has 2 heterocycles. The third-order valence-electron chi connectivity index (χ3n) is 3.96. The molecule has 0 bridgehead atoms. The molecule has 1 amide bonds. The highest BCUT2D eigenvalue weighted by Crippen LogP contribution is 2.19. The van der Waals surface area contributed by atoms with Crippen LogP contribution in [0.1, 0.15) is 28.4 Å². The number of amides is 1. The van der Waals surface area contributed by atoms with Crippen LogP contribution < -0.4 is 5.32 Å². The minimum Gasteiger partial charge on any atom is -0.323 e. The van der Waals surface area contributed by atoms with Gasteiger partial charge >= 0.3 is 0 Å². The Morgan fingerprint density at radius 2 is 1.95 bits per heavy atom. The number of likely N-dealkylation sites (N-methyl/N-ethyl adjacent to an activating group) is 1. The number of aromatic nitrogens is 1. The molecule has 0 radical (unpaired) electrons. The molecule has 2 aromatic rings. The number of hydrogen-bond donors (Lipinski definition) is 1. The molecule has 0 saturated heterocycles. The Morgan fingerprint density at radius 1 is 1.24 bits per heavy atom. The summed E-state index contributed by atoms with van der Waals surface area (Å²) in [4.78, 5) is 18.5. The summed E-state index contributed by atoms with van der Waals surface area (Å²) in [5.41, 5.74) is 3.33.